The first-order valence-corrected chi connectivity index (χ1v) is 11.0. The van der Waals surface area contributed by atoms with Gasteiger partial charge < -0.3 is 14.2 Å². The molecule has 0 saturated heterocycles. The van der Waals surface area contributed by atoms with E-state index in [-0.39, 0.29) is 29.2 Å². The predicted molar refractivity (Wildman–Crippen MR) is 114 cm³/mol. The number of nitrogens with zero attached hydrogens (tertiary/aromatic N) is 7. The van der Waals surface area contributed by atoms with E-state index in [4.69, 9.17) is 25.8 Å². The van der Waals surface area contributed by atoms with Crippen LogP contribution >= 0.6 is 11.6 Å². The summed E-state index contributed by atoms with van der Waals surface area (Å²) in [5.41, 5.74) is 0.231. The van der Waals surface area contributed by atoms with Crippen LogP contribution in [0.2, 0.25) is 5.02 Å². The number of halogens is 1. The SMILES string of the molecule is COc1ncnc(OC)c1-n1c(C)nnc1NS(=O)(=O)[C@@H](C)[C@H](OC)c1ncc(Cl)cn1. The third-order valence-electron chi connectivity index (χ3n) is 4.49. The van der Waals surface area contributed by atoms with Crippen LogP contribution in [0, 0.1) is 6.92 Å². The Morgan fingerprint density at radius 1 is 1.03 bits per heavy atom. The van der Waals surface area contributed by atoms with Gasteiger partial charge in [0.05, 0.1) is 19.2 Å². The molecular formula is C17H21ClN8O5S. The van der Waals surface area contributed by atoms with Crippen LogP contribution < -0.4 is 14.2 Å². The second-order valence-corrected chi connectivity index (χ2v) is 8.89. The maximum absolute atomic E-state index is 13.2. The lowest BCUT2D eigenvalue weighted by atomic mass is 10.2. The molecule has 15 heteroatoms. The van der Waals surface area contributed by atoms with Crippen LogP contribution in [0.5, 0.6) is 11.8 Å². The lowest BCUT2D eigenvalue weighted by Crippen LogP contribution is -2.33. The zero-order valence-electron chi connectivity index (χ0n) is 17.8. The van der Waals surface area contributed by atoms with Crippen molar-refractivity contribution in [3.8, 4) is 17.4 Å². The average Bonchev–Trinajstić information content (AvgIpc) is 3.13. The second-order valence-electron chi connectivity index (χ2n) is 6.42. The van der Waals surface area contributed by atoms with Gasteiger partial charge in [-0.15, -0.1) is 10.2 Å². The highest BCUT2D eigenvalue weighted by atomic mass is 35.5. The molecule has 2 atom stereocenters. The maximum atomic E-state index is 13.2. The lowest BCUT2D eigenvalue weighted by molar-refractivity contribution is 0.0950. The van der Waals surface area contributed by atoms with E-state index in [9.17, 15) is 8.42 Å². The molecule has 0 saturated carbocycles. The van der Waals surface area contributed by atoms with Crippen LogP contribution in [0.1, 0.15) is 24.7 Å². The molecule has 0 radical (unpaired) electrons. The molecule has 0 unspecified atom stereocenters. The Bertz CT molecular complexity index is 1170. The Hall–Kier alpha value is -3.10. The van der Waals surface area contributed by atoms with E-state index in [1.165, 1.54) is 51.5 Å². The Labute approximate surface area is 189 Å². The number of hydrogen-bond donors (Lipinski definition) is 1. The molecule has 32 heavy (non-hydrogen) atoms. The molecule has 1 N–H and O–H groups in total. The molecule has 0 aromatic carbocycles. The molecule has 3 aromatic rings. The van der Waals surface area contributed by atoms with Crippen LogP contribution in [-0.4, -0.2) is 69.7 Å². The molecule has 3 aromatic heterocycles. The van der Waals surface area contributed by atoms with E-state index >= 15 is 0 Å². The number of anilines is 1. The van der Waals surface area contributed by atoms with Crippen LogP contribution in [0.4, 0.5) is 5.95 Å². The normalized spacial score (nSPS) is 13.4. The summed E-state index contributed by atoms with van der Waals surface area (Å²) in [6.45, 7) is 3.08. The van der Waals surface area contributed by atoms with E-state index < -0.39 is 21.4 Å². The van der Waals surface area contributed by atoms with Gasteiger partial charge in [0.1, 0.15) is 23.5 Å². The number of hydrogen-bond acceptors (Lipinski definition) is 11. The van der Waals surface area contributed by atoms with E-state index in [1.807, 2.05) is 0 Å². The number of aryl methyl sites for hydroxylation is 1. The van der Waals surface area contributed by atoms with Crippen molar-refractivity contribution in [2.45, 2.75) is 25.2 Å². The highest BCUT2D eigenvalue weighted by Crippen LogP contribution is 2.32. The highest BCUT2D eigenvalue weighted by molar-refractivity contribution is 7.93. The zero-order chi connectivity index (χ0) is 23.5. The van der Waals surface area contributed by atoms with Gasteiger partial charge in [0.2, 0.25) is 27.7 Å². The molecule has 172 valence electrons. The van der Waals surface area contributed by atoms with Gasteiger partial charge in [-0.3, -0.25) is 9.29 Å². The Kier molecular flexibility index (Phi) is 7.06. The summed E-state index contributed by atoms with van der Waals surface area (Å²) < 4.78 is 46.2. The fourth-order valence-electron chi connectivity index (χ4n) is 2.89. The minimum absolute atomic E-state index is 0.118. The molecule has 0 amide bonds. The molecule has 0 spiro atoms. The Balaban J connectivity index is 2.01. The van der Waals surface area contributed by atoms with Crippen LogP contribution in [0.15, 0.2) is 18.7 Å². The summed E-state index contributed by atoms with van der Waals surface area (Å²) in [5, 5.41) is 7.11. The first kappa shape index (κ1) is 23.6. The van der Waals surface area contributed by atoms with E-state index in [0.29, 0.717) is 10.8 Å². The van der Waals surface area contributed by atoms with E-state index in [1.54, 1.807) is 6.92 Å². The van der Waals surface area contributed by atoms with Crippen molar-refractivity contribution in [2.75, 3.05) is 26.1 Å². The van der Waals surface area contributed by atoms with Gasteiger partial charge in [0.15, 0.2) is 11.5 Å². The summed E-state index contributed by atoms with van der Waals surface area (Å²) in [4.78, 5) is 16.2. The Morgan fingerprint density at radius 3 is 2.16 bits per heavy atom. The Morgan fingerprint density at radius 2 is 1.62 bits per heavy atom. The third kappa shape index (κ3) is 4.56. The van der Waals surface area contributed by atoms with Gasteiger partial charge in [-0.25, -0.2) is 18.4 Å². The van der Waals surface area contributed by atoms with Gasteiger partial charge in [0.25, 0.3) is 0 Å². The molecule has 0 aliphatic rings. The van der Waals surface area contributed by atoms with Crippen molar-refractivity contribution in [3.63, 3.8) is 0 Å². The molecular weight excluding hydrogens is 464 g/mol. The van der Waals surface area contributed by atoms with Crippen molar-refractivity contribution >= 4 is 27.6 Å². The number of aromatic nitrogens is 7. The van der Waals surface area contributed by atoms with Gasteiger partial charge in [-0.1, -0.05) is 11.6 Å². The standard InChI is InChI=1S/C17H21ClN8O5S/c1-9(13(29-3)14-19-6-11(18)7-20-14)32(27,28)25-17-24-23-10(2)26(17)12-15(30-4)21-8-22-16(12)31-5/h6-9,13H,1-5H3,(H,24,25)/t9-,13-/m0/s1. The molecule has 13 nitrogen and oxygen atoms in total. The van der Waals surface area contributed by atoms with Crippen LogP contribution in [0.25, 0.3) is 5.69 Å². The topological polar surface area (TPSA) is 156 Å². The number of nitrogens with one attached hydrogen (secondary N) is 1. The predicted octanol–water partition coefficient (Wildman–Crippen LogP) is 1.34. The average molecular weight is 485 g/mol. The zero-order valence-corrected chi connectivity index (χ0v) is 19.4. The second kappa shape index (κ2) is 9.58. The lowest BCUT2D eigenvalue weighted by Gasteiger charge is -2.22. The summed E-state index contributed by atoms with van der Waals surface area (Å²) in [5.74, 6) is 0.654. The van der Waals surface area contributed by atoms with Gasteiger partial charge in [-0.2, -0.15) is 9.97 Å². The van der Waals surface area contributed by atoms with E-state index in [0.717, 1.165) is 0 Å². The van der Waals surface area contributed by atoms with Crippen molar-refractivity contribution in [2.24, 2.45) is 0 Å². The first-order chi connectivity index (χ1) is 15.2. The smallest absolute Gasteiger partial charge is 0.245 e. The molecule has 3 rings (SSSR count). The molecule has 0 fully saturated rings. The minimum Gasteiger partial charge on any atom is -0.479 e. The van der Waals surface area contributed by atoms with Gasteiger partial charge in [-0.05, 0) is 13.8 Å². The summed E-state index contributed by atoms with van der Waals surface area (Å²) in [6.07, 6.45) is 2.99. The fraction of sp³-hybridized carbons (Fsp3) is 0.412. The van der Waals surface area contributed by atoms with Crippen molar-refractivity contribution < 1.29 is 22.6 Å². The monoisotopic (exact) mass is 484 g/mol. The minimum atomic E-state index is -4.07. The molecule has 0 bridgehead atoms. The first-order valence-electron chi connectivity index (χ1n) is 9.10. The molecule has 0 aliphatic carbocycles. The summed E-state index contributed by atoms with van der Waals surface area (Å²) >= 11 is 5.82. The number of sulfonamides is 1. The molecule has 3 heterocycles. The van der Waals surface area contributed by atoms with Gasteiger partial charge >= 0.3 is 0 Å². The summed E-state index contributed by atoms with van der Waals surface area (Å²) in [7, 11) is 0.104. The van der Waals surface area contributed by atoms with Crippen LogP contribution in [0.3, 0.4) is 0 Å². The molecule has 0 aliphatic heterocycles. The quantitative estimate of drug-likeness (QED) is 0.467. The largest absolute Gasteiger partial charge is 0.479 e. The van der Waals surface area contributed by atoms with Crippen molar-refractivity contribution in [1.29, 1.82) is 0 Å². The van der Waals surface area contributed by atoms with Crippen molar-refractivity contribution in [3.05, 3.63) is 35.4 Å². The van der Waals surface area contributed by atoms with Crippen LogP contribution in [-0.2, 0) is 14.8 Å². The van der Waals surface area contributed by atoms with Crippen molar-refractivity contribution in [1.82, 2.24) is 34.7 Å². The number of methoxy groups -OCH3 is 3. The summed E-state index contributed by atoms with van der Waals surface area (Å²) in [6, 6.07) is 0. The highest BCUT2D eigenvalue weighted by Gasteiger charge is 2.34. The third-order valence-corrected chi connectivity index (χ3v) is 6.38. The van der Waals surface area contributed by atoms with E-state index in [2.05, 4.69) is 34.9 Å². The number of rotatable bonds is 9. The fourth-order valence-corrected chi connectivity index (χ4v) is 4.12. The number of ether oxygens (including phenoxy) is 3. The maximum Gasteiger partial charge on any atom is 0.245 e. The van der Waals surface area contributed by atoms with Gasteiger partial charge in [0, 0.05) is 19.5 Å².